The lowest BCUT2D eigenvalue weighted by Crippen LogP contribution is -2.36. The Balaban J connectivity index is 2.28. The zero-order valence-corrected chi connectivity index (χ0v) is 8.90. The van der Waals surface area contributed by atoms with Gasteiger partial charge in [0.1, 0.15) is 0 Å². The average Bonchev–Trinajstić information content (AvgIpc) is 2.55. The molecule has 1 atom stereocenters. The molecule has 0 amide bonds. The molecule has 1 saturated carbocycles. The molecule has 1 aliphatic rings. The third-order valence-electron chi connectivity index (χ3n) is 3.20. The van der Waals surface area contributed by atoms with E-state index in [4.69, 9.17) is 6.42 Å². The predicted molar refractivity (Wildman–Crippen MR) is 57.5 cm³/mol. The van der Waals surface area contributed by atoms with E-state index in [0.717, 1.165) is 13.0 Å². The van der Waals surface area contributed by atoms with Crippen LogP contribution in [0.15, 0.2) is 0 Å². The van der Waals surface area contributed by atoms with E-state index in [2.05, 4.69) is 25.1 Å². The highest BCUT2D eigenvalue weighted by Gasteiger charge is 2.28. The first kappa shape index (κ1) is 10.6. The molecule has 1 aliphatic carbocycles. The smallest absolute Gasteiger partial charge is 0.0684 e. The van der Waals surface area contributed by atoms with Gasteiger partial charge in [0.2, 0.25) is 0 Å². The zero-order valence-electron chi connectivity index (χ0n) is 8.90. The zero-order chi connectivity index (χ0) is 9.73. The minimum absolute atomic E-state index is 0.275. The molecule has 1 nitrogen and oxygen atoms in total. The Morgan fingerprint density at radius 1 is 1.46 bits per heavy atom. The summed E-state index contributed by atoms with van der Waals surface area (Å²) in [7, 11) is 0. The quantitative estimate of drug-likeness (QED) is 0.654. The van der Waals surface area contributed by atoms with E-state index in [1.807, 2.05) is 0 Å². The second-order valence-electron chi connectivity index (χ2n) is 4.53. The lowest BCUT2D eigenvalue weighted by atomic mass is 9.88. The first-order valence-corrected chi connectivity index (χ1v) is 5.40. The molecule has 0 spiro atoms. The van der Waals surface area contributed by atoms with Crippen molar-refractivity contribution >= 4 is 0 Å². The second kappa shape index (κ2) is 4.67. The fourth-order valence-electron chi connectivity index (χ4n) is 2.10. The van der Waals surface area contributed by atoms with E-state index in [1.54, 1.807) is 0 Å². The Hall–Kier alpha value is -0.480. The molecule has 0 saturated heterocycles. The first-order valence-electron chi connectivity index (χ1n) is 5.40. The summed E-state index contributed by atoms with van der Waals surface area (Å²) < 4.78 is 0. The van der Waals surface area contributed by atoms with Crippen LogP contribution in [0.1, 0.15) is 46.0 Å². The van der Waals surface area contributed by atoms with Crippen LogP contribution in [0.25, 0.3) is 0 Å². The van der Waals surface area contributed by atoms with Crippen LogP contribution in [0.4, 0.5) is 0 Å². The lowest BCUT2D eigenvalue weighted by molar-refractivity contribution is 0.306. The van der Waals surface area contributed by atoms with Crippen molar-refractivity contribution in [3.63, 3.8) is 0 Å². The number of rotatable bonds is 4. The van der Waals surface area contributed by atoms with Gasteiger partial charge in [0.15, 0.2) is 0 Å². The van der Waals surface area contributed by atoms with Gasteiger partial charge in [0.25, 0.3) is 0 Å². The van der Waals surface area contributed by atoms with Gasteiger partial charge in [0, 0.05) is 6.54 Å². The monoisotopic (exact) mass is 179 g/mol. The number of nitrogens with one attached hydrogen (secondary N) is 1. The summed E-state index contributed by atoms with van der Waals surface area (Å²) in [6.45, 7) is 5.60. The molecule has 0 heterocycles. The maximum Gasteiger partial charge on any atom is 0.0684 e. The average molecular weight is 179 g/mol. The molecule has 0 aromatic carbocycles. The van der Waals surface area contributed by atoms with E-state index in [0.29, 0.717) is 5.41 Å². The van der Waals surface area contributed by atoms with Crippen molar-refractivity contribution in [3.05, 3.63) is 0 Å². The Labute approximate surface area is 82.3 Å². The minimum Gasteiger partial charge on any atom is -0.303 e. The largest absolute Gasteiger partial charge is 0.303 e. The van der Waals surface area contributed by atoms with Crippen LogP contribution in [-0.4, -0.2) is 12.6 Å². The van der Waals surface area contributed by atoms with Crippen LogP contribution in [0.5, 0.6) is 0 Å². The summed E-state index contributed by atoms with van der Waals surface area (Å²) in [5, 5.41) is 3.47. The summed E-state index contributed by atoms with van der Waals surface area (Å²) in [5.74, 6) is 2.78. The summed E-state index contributed by atoms with van der Waals surface area (Å²) in [6, 6.07) is 0.275. The van der Waals surface area contributed by atoms with Crippen LogP contribution < -0.4 is 5.32 Å². The molecule has 0 radical (unpaired) electrons. The molecule has 1 unspecified atom stereocenters. The van der Waals surface area contributed by atoms with E-state index < -0.39 is 0 Å². The fraction of sp³-hybridized carbons (Fsp3) is 0.833. The third-order valence-corrected chi connectivity index (χ3v) is 3.20. The van der Waals surface area contributed by atoms with Crippen molar-refractivity contribution in [3.8, 4) is 12.3 Å². The van der Waals surface area contributed by atoms with Crippen LogP contribution in [-0.2, 0) is 0 Å². The van der Waals surface area contributed by atoms with Crippen LogP contribution in [0.2, 0.25) is 0 Å². The van der Waals surface area contributed by atoms with Crippen LogP contribution >= 0.6 is 0 Å². The summed E-state index contributed by atoms with van der Waals surface area (Å²) in [6.07, 6.45) is 11.9. The van der Waals surface area contributed by atoms with Gasteiger partial charge in [-0.05, 0) is 24.7 Å². The van der Waals surface area contributed by atoms with E-state index in [9.17, 15) is 0 Å². The van der Waals surface area contributed by atoms with Crippen LogP contribution in [0, 0.1) is 17.8 Å². The Morgan fingerprint density at radius 2 is 2.08 bits per heavy atom. The van der Waals surface area contributed by atoms with E-state index in [1.165, 1.54) is 25.7 Å². The van der Waals surface area contributed by atoms with Gasteiger partial charge in [-0.1, -0.05) is 32.6 Å². The van der Waals surface area contributed by atoms with Crippen molar-refractivity contribution in [2.45, 2.75) is 52.0 Å². The van der Waals surface area contributed by atoms with Gasteiger partial charge in [0.05, 0.1) is 6.04 Å². The first-order chi connectivity index (χ1) is 6.20. The van der Waals surface area contributed by atoms with Crippen LogP contribution in [0.3, 0.4) is 0 Å². The van der Waals surface area contributed by atoms with Gasteiger partial charge in [-0.2, -0.15) is 0 Å². The highest BCUT2D eigenvalue weighted by atomic mass is 14.9. The third kappa shape index (κ3) is 3.04. The molecule has 0 aromatic rings. The van der Waals surface area contributed by atoms with E-state index in [-0.39, 0.29) is 6.04 Å². The van der Waals surface area contributed by atoms with Crippen molar-refractivity contribution in [1.82, 2.24) is 5.32 Å². The Kier molecular flexibility index (Phi) is 3.81. The Bertz CT molecular complexity index is 184. The lowest BCUT2D eigenvalue weighted by Gasteiger charge is -2.25. The standard InChI is InChI=1S/C12H21N/c1-4-11(5-2)13-10-12(3)8-6-7-9-12/h1,11,13H,5-10H2,2-3H3. The van der Waals surface area contributed by atoms with Gasteiger partial charge in [-0.25, -0.2) is 0 Å². The molecule has 74 valence electrons. The maximum atomic E-state index is 5.40. The molecular weight excluding hydrogens is 158 g/mol. The predicted octanol–water partition coefficient (Wildman–Crippen LogP) is 2.57. The van der Waals surface area contributed by atoms with Crippen molar-refractivity contribution in [1.29, 1.82) is 0 Å². The highest BCUT2D eigenvalue weighted by molar-refractivity contribution is 4.99. The summed E-state index contributed by atoms with van der Waals surface area (Å²) in [5.41, 5.74) is 0.518. The minimum atomic E-state index is 0.275. The van der Waals surface area contributed by atoms with Gasteiger partial charge in [-0.15, -0.1) is 6.42 Å². The number of hydrogen-bond donors (Lipinski definition) is 1. The van der Waals surface area contributed by atoms with E-state index >= 15 is 0 Å². The molecule has 0 aliphatic heterocycles. The normalized spacial score (nSPS) is 22.5. The molecule has 1 rings (SSSR count). The van der Waals surface area contributed by atoms with Gasteiger partial charge in [-0.3, -0.25) is 0 Å². The Morgan fingerprint density at radius 3 is 2.54 bits per heavy atom. The number of hydrogen-bond acceptors (Lipinski definition) is 1. The van der Waals surface area contributed by atoms with Crippen molar-refractivity contribution in [2.75, 3.05) is 6.54 Å². The topological polar surface area (TPSA) is 12.0 Å². The summed E-state index contributed by atoms with van der Waals surface area (Å²) >= 11 is 0. The molecule has 1 heteroatoms. The summed E-state index contributed by atoms with van der Waals surface area (Å²) in [4.78, 5) is 0. The second-order valence-corrected chi connectivity index (χ2v) is 4.53. The molecule has 0 aromatic heterocycles. The maximum absolute atomic E-state index is 5.40. The van der Waals surface area contributed by atoms with Gasteiger partial charge >= 0.3 is 0 Å². The molecule has 1 N–H and O–H groups in total. The molecule has 1 fully saturated rings. The molecule has 0 bridgehead atoms. The number of terminal acetylenes is 1. The fourth-order valence-corrected chi connectivity index (χ4v) is 2.10. The molecule has 13 heavy (non-hydrogen) atoms. The molecular formula is C12H21N. The van der Waals surface area contributed by atoms with Gasteiger partial charge < -0.3 is 5.32 Å². The van der Waals surface area contributed by atoms with Crippen molar-refractivity contribution in [2.24, 2.45) is 5.41 Å². The SMILES string of the molecule is C#CC(CC)NCC1(C)CCCC1. The van der Waals surface area contributed by atoms with Crippen molar-refractivity contribution < 1.29 is 0 Å². The highest BCUT2D eigenvalue weighted by Crippen LogP contribution is 2.36.